The number of allylic oxidation sites excluding steroid dienone is 1. The van der Waals surface area contributed by atoms with Crippen molar-refractivity contribution in [1.29, 1.82) is 0 Å². The highest BCUT2D eigenvalue weighted by Crippen LogP contribution is 2.24. The van der Waals surface area contributed by atoms with Crippen LogP contribution in [0.15, 0.2) is 12.2 Å². The van der Waals surface area contributed by atoms with Gasteiger partial charge in [0.05, 0.1) is 12.7 Å². The summed E-state index contributed by atoms with van der Waals surface area (Å²) in [7, 11) is 0. The van der Waals surface area contributed by atoms with Gasteiger partial charge in [0.15, 0.2) is 0 Å². The van der Waals surface area contributed by atoms with E-state index in [1.165, 1.54) is 32.1 Å². The third kappa shape index (κ3) is 6.94. The van der Waals surface area contributed by atoms with Crippen LogP contribution in [0.3, 0.4) is 0 Å². The van der Waals surface area contributed by atoms with Crippen molar-refractivity contribution >= 4 is 0 Å². The molecule has 1 rings (SSSR count). The number of aliphatic hydroxyl groups excluding tert-OH is 1. The summed E-state index contributed by atoms with van der Waals surface area (Å²) < 4.78 is 11.5. The molecule has 1 aliphatic heterocycles. The van der Waals surface area contributed by atoms with E-state index in [1.54, 1.807) is 0 Å². The zero-order valence-corrected chi connectivity index (χ0v) is 14.1. The molecule has 0 aromatic rings. The van der Waals surface area contributed by atoms with Crippen molar-refractivity contribution in [3.8, 4) is 0 Å². The number of ether oxygens (including phenoxy) is 2. The van der Waals surface area contributed by atoms with E-state index in [4.69, 9.17) is 9.47 Å². The van der Waals surface area contributed by atoms with Crippen LogP contribution in [0.25, 0.3) is 0 Å². The molecule has 1 N–H and O–H groups in total. The molecule has 1 heterocycles. The molecule has 0 radical (unpaired) electrons. The van der Waals surface area contributed by atoms with Crippen molar-refractivity contribution in [2.45, 2.75) is 84.0 Å². The number of hydrogen-bond donors (Lipinski definition) is 1. The summed E-state index contributed by atoms with van der Waals surface area (Å²) in [5, 5.41) is 10.4. The molecular weight excluding hydrogens is 264 g/mol. The fraction of sp³-hybridized carbons (Fsp3) is 0.889. The van der Waals surface area contributed by atoms with Crippen LogP contribution in [-0.4, -0.2) is 36.6 Å². The zero-order chi connectivity index (χ0) is 15.5. The van der Waals surface area contributed by atoms with Gasteiger partial charge in [-0.3, -0.25) is 0 Å². The number of aliphatic hydroxyl groups is 1. The van der Waals surface area contributed by atoms with Crippen molar-refractivity contribution in [2.24, 2.45) is 5.92 Å². The van der Waals surface area contributed by atoms with Crippen LogP contribution in [0.5, 0.6) is 0 Å². The normalized spacial score (nSPS) is 30.1. The fourth-order valence-electron chi connectivity index (χ4n) is 2.76. The van der Waals surface area contributed by atoms with Gasteiger partial charge in [-0.15, -0.1) is 0 Å². The van der Waals surface area contributed by atoms with E-state index < -0.39 is 6.10 Å². The lowest BCUT2D eigenvalue weighted by Crippen LogP contribution is -2.49. The SMILES string of the molecule is CCCCCCC/C=C/[C@@H]1OC[C@H](C)[C@H](OCCC)[C@@H]1O. The van der Waals surface area contributed by atoms with Gasteiger partial charge in [0, 0.05) is 12.5 Å². The summed E-state index contributed by atoms with van der Waals surface area (Å²) in [6, 6.07) is 0. The van der Waals surface area contributed by atoms with E-state index in [1.807, 2.05) is 6.08 Å². The highest BCUT2D eigenvalue weighted by atomic mass is 16.5. The number of hydrogen-bond acceptors (Lipinski definition) is 3. The highest BCUT2D eigenvalue weighted by Gasteiger charge is 2.36. The topological polar surface area (TPSA) is 38.7 Å². The highest BCUT2D eigenvalue weighted by molar-refractivity contribution is 4.99. The van der Waals surface area contributed by atoms with Crippen LogP contribution >= 0.6 is 0 Å². The van der Waals surface area contributed by atoms with Gasteiger partial charge in [-0.25, -0.2) is 0 Å². The Balaban J connectivity index is 2.30. The van der Waals surface area contributed by atoms with Gasteiger partial charge in [0.25, 0.3) is 0 Å². The van der Waals surface area contributed by atoms with Gasteiger partial charge in [0.2, 0.25) is 0 Å². The monoisotopic (exact) mass is 298 g/mol. The van der Waals surface area contributed by atoms with Crippen molar-refractivity contribution in [3.05, 3.63) is 12.2 Å². The molecule has 4 atom stereocenters. The first-order chi connectivity index (χ1) is 10.2. The van der Waals surface area contributed by atoms with E-state index in [2.05, 4.69) is 26.8 Å². The van der Waals surface area contributed by atoms with E-state index >= 15 is 0 Å². The largest absolute Gasteiger partial charge is 0.387 e. The van der Waals surface area contributed by atoms with E-state index in [0.29, 0.717) is 13.2 Å². The molecule has 124 valence electrons. The predicted molar refractivity (Wildman–Crippen MR) is 87.5 cm³/mol. The van der Waals surface area contributed by atoms with Crippen molar-refractivity contribution in [2.75, 3.05) is 13.2 Å². The van der Waals surface area contributed by atoms with Gasteiger partial charge in [0.1, 0.15) is 12.2 Å². The molecule has 21 heavy (non-hydrogen) atoms. The summed E-state index contributed by atoms with van der Waals surface area (Å²) in [5.74, 6) is 0.255. The maximum absolute atomic E-state index is 10.4. The van der Waals surface area contributed by atoms with Crippen LogP contribution in [0, 0.1) is 5.92 Å². The third-order valence-corrected chi connectivity index (χ3v) is 4.10. The van der Waals surface area contributed by atoms with Crippen LogP contribution in [-0.2, 0) is 9.47 Å². The Labute approximate surface area is 130 Å². The number of unbranched alkanes of at least 4 members (excludes halogenated alkanes) is 5. The molecule has 0 spiro atoms. The van der Waals surface area contributed by atoms with Gasteiger partial charge in [-0.05, 0) is 19.3 Å². The molecular formula is C18H34O3. The first-order valence-corrected chi connectivity index (χ1v) is 8.78. The summed E-state index contributed by atoms with van der Waals surface area (Å²) in [6.45, 7) is 7.78. The smallest absolute Gasteiger partial charge is 0.110 e. The van der Waals surface area contributed by atoms with Gasteiger partial charge < -0.3 is 14.6 Å². The van der Waals surface area contributed by atoms with E-state index in [9.17, 15) is 5.11 Å². The van der Waals surface area contributed by atoms with Gasteiger partial charge in [-0.1, -0.05) is 58.6 Å². The minimum atomic E-state index is -0.545. The maximum atomic E-state index is 10.4. The molecule has 0 bridgehead atoms. The Kier molecular flexibility index (Phi) is 9.98. The molecule has 0 aromatic carbocycles. The Hall–Kier alpha value is -0.380. The van der Waals surface area contributed by atoms with Crippen molar-refractivity contribution in [3.63, 3.8) is 0 Å². The summed E-state index contributed by atoms with van der Waals surface area (Å²) in [5.41, 5.74) is 0. The maximum Gasteiger partial charge on any atom is 0.110 e. The van der Waals surface area contributed by atoms with E-state index in [0.717, 1.165) is 12.8 Å². The van der Waals surface area contributed by atoms with Crippen molar-refractivity contribution < 1.29 is 14.6 Å². The van der Waals surface area contributed by atoms with Crippen LogP contribution in [0.4, 0.5) is 0 Å². The molecule has 0 aliphatic carbocycles. The quantitative estimate of drug-likeness (QED) is 0.487. The summed E-state index contributed by atoms with van der Waals surface area (Å²) in [4.78, 5) is 0. The van der Waals surface area contributed by atoms with Crippen LogP contribution in [0.2, 0.25) is 0 Å². The minimum absolute atomic E-state index is 0.0992. The first kappa shape index (κ1) is 18.7. The average molecular weight is 298 g/mol. The predicted octanol–water partition coefficient (Wildman–Crippen LogP) is 4.09. The molecule has 3 nitrogen and oxygen atoms in total. The zero-order valence-electron chi connectivity index (χ0n) is 14.1. The standard InChI is InChI=1S/C18H34O3/c1-4-6-7-8-9-10-11-12-16-17(19)18(20-13-5-2)15(3)14-21-16/h11-12,15-19H,4-10,13-14H2,1-3H3/b12-11+/t15-,16-,17+,18-/m0/s1. The molecule has 0 unspecified atom stereocenters. The van der Waals surface area contributed by atoms with Crippen molar-refractivity contribution in [1.82, 2.24) is 0 Å². The summed E-state index contributed by atoms with van der Waals surface area (Å²) in [6.07, 6.45) is 11.9. The molecule has 1 aliphatic rings. The number of rotatable bonds is 10. The first-order valence-electron chi connectivity index (χ1n) is 8.78. The molecule has 0 saturated carbocycles. The molecule has 0 amide bonds. The third-order valence-electron chi connectivity index (χ3n) is 4.10. The average Bonchev–Trinajstić information content (AvgIpc) is 2.48. The Morgan fingerprint density at radius 1 is 1.14 bits per heavy atom. The van der Waals surface area contributed by atoms with Crippen LogP contribution in [0.1, 0.15) is 65.7 Å². The van der Waals surface area contributed by atoms with E-state index in [-0.39, 0.29) is 18.1 Å². The van der Waals surface area contributed by atoms with Crippen LogP contribution < -0.4 is 0 Å². The minimum Gasteiger partial charge on any atom is -0.387 e. The second-order valence-corrected chi connectivity index (χ2v) is 6.23. The lowest BCUT2D eigenvalue weighted by Gasteiger charge is -2.37. The Bertz CT molecular complexity index is 278. The van der Waals surface area contributed by atoms with Gasteiger partial charge >= 0.3 is 0 Å². The lowest BCUT2D eigenvalue weighted by molar-refractivity contribution is -0.165. The Morgan fingerprint density at radius 3 is 2.62 bits per heavy atom. The summed E-state index contributed by atoms with van der Waals surface area (Å²) >= 11 is 0. The molecule has 3 heteroatoms. The second-order valence-electron chi connectivity index (χ2n) is 6.23. The Morgan fingerprint density at radius 2 is 1.90 bits per heavy atom. The molecule has 1 saturated heterocycles. The second kappa shape index (κ2) is 11.2. The lowest BCUT2D eigenvalue weighted by atomic mass is 9.93. The fourth-order valence-corrected chi connectivity index (χ4v) is 2.76. The molecule has 0 aromatic heterocycles. The molecule has 1 fully saturated rings. The van der Waals surface area contributed by atoms with Gasteiger partial charge in [-0.2, -0.15) is 0 Å².